The molecule has 2 aliphatic carbocycles. The molecule has 2 heteroatoms. The van der Waals surface area contributed by atoms with Crippen LogP contribution in [0.15, 0.2) is 0 Å². The van der Waals surface area contributed by atoms with Crippen LogP contribution in [0.25, 0.3) is 0 Å². The van der Waals surface area contributed by atoms with Crippen LogP contribution >= 0.6 is 0 Å². The summed E-state index contributed by atoms with van der Waals surface area (Å²) in [6.45, 7) is 23.1. The van der Waals surface area contributed by atoms with E-state index in [-0.39, 0.29) is 17.0 Å². The van der Waals surface area contributed by atoms with Crippen LogP contribution in [0.5, 0.6) is 0 Å². The van der Waals surface area contributed by atoms with Gasteiger partial charge in [0, 0.05) is 5.92 Å². The smallest absolute Gasteiger partial charge is 0.312 e. The Labute approximate surface area is 185 Å². The maximum Gasteiger partial charge on any atom is 0.312 e. The number of carbonyl (C=O) groups excluding carboxylic acids is 1. The molecule has 0 radical (unpaired) electrons. The number of carbonyl (C=O) groups is 1. The van der Waals surface area contributed by atoms with Crippen LogP contribution in [0.4, 0.5) is 0 Å². The van der Waals surface area contributed by atoms with Gasteiger partial charge in [-0.1, -0.05) is 88.0 Å². The Balaban J connectivity index is 0. The van der Waals surface area contributed by atoms with Crippen molar-refractivity contribution >= 4 is 5.97 Å². The minimum Gasteiger partial charge on any atom is -0.458 e. The summed E-state index contributed by atoms with van der Waals surface area (Å²) >= 11 is 0. The van der Waals surface area contributed by atoms with E-state index in [0.717, 1.165) is 37.5 Å². The number of ether oxygens (including phenoxy) is 1. The lowest BCUT2D eigenvalue weighted by Gasteiger charge is -2.43. The quantitative estimate of drug-likeness (QED) is 0.389. The van der Waals surface area contributed by atoms with Gasteiger partial charge in [-0.25, -0.2) is 0 Å². The molecule has 2 bridgehead atoms. The molecule has 2 nitrogen and oxygen atoms in total. The highest BCUT2D eigenvalue weighted by molar-refractivity contribution is 5.76. The Morgan fingerprint density at radius 3 is 1.66 bits per heavy atom. The second-order valence-corrected chi connectivity index (χ2v) is 9.49. The lowest BCUT2D eigenvalue weighted by molar-refractivity contribution is -0.181. The molecule has 0 aromatic heterocycles. The summed E-state index contributed by atoms with van der Waals surface area (Å²) in [7, 11) is 0. The van der Waals surface area contributed by atoms with Crippen molar-refractivity contribution in [1.82, 2.24) is 0 Å². The van der Waals surface area contributed by atoms with Crippen LogP contribution < -0.4 is 0 Å². The van der Waals surface area contributed by atoms with E-state index < -0.39 is 0 Å². The van der Waals surface area contributed by atoms with Crippen molar-refractivity contribution in [2.45, 2.75) is 146 Å². The third-order valence-corrected chi connectivity index (χ3v) is 6.33. The maximum absolute atomic E-state index is 12.7. The number of hydrogen-bond acceptors (Lipinski definition) is 2. The number of rotatable bonds is 7. The molecular weight excluding hydrogens is 356 g/mol. The summed E-state index contributed by atoms with van der Waals surface area (Å²) in [5.74, 6) is 2.33. The second kappa shape index (κ2) is 16.2. The summed E-state index contributed by atoms with van der Waals surface area (Å²) in [4.78, 5) is 12.7. The van der Waals surface area contributed by atoms with Gasteiger partial charge >= 0.3 is 5.97 Å². The number of esters is 1. The zero-order valence-corrected chi connectivity index (χ0v) is 22.1. The van der Waals surface area contributed by atoms with Gasteiger partial charge in [0.05, 0.1) is 5.41 Å². The van der Waals surface area contributed by atoms with E-state index in [1.807, 2.05) is 27.7 Å². The molecular formula is C27H56O2. The Hall–Kier alpha value is -0.530. The molecule has 2 aliphatic rings. The van der Waals surface area contributed by atoms with Gasteiger partial charge in [0.15, 0.2) is 0 Å². The lowest BCUT2D eigenvalue weighted by atomic mass is 9.73. The normalized spacial score (nSPS) is 22.4. The average Bonchev–Trinajstić information content (AvgIpc) is 3.32. The summed E-state index contributed by atoms with van der Waals surface area (Å²) in [5.41, 5.74) is -0.552. The summed E-state index contributed by atoms with van der Waals surface area (Å²) in [6, 6.07) is 0. The highest BCUT2D eigenvalue weighted by Gasteiger charge is 2.51. The number of hydrogen-bond donors (Lipinski definition) is 0. The lowest BCUT2D eigenvalue weighted by Crippen LogP contribution is -2.46. The molecule has 0 spiro atoms. The molecule has 0 aliphatic heterocycles. The van der Waals surface area contributed by atoms with Crippen molar-refractivity contribution in [3.05, 3.63) is 0 Å². The second-order valence-electron chi connectivity index (χ2n) is 9.49. The molecule has 29 heavy (non-hydrogen) atoms. The van der Waals surface area contributed by atoms with Gasteiger partial charge < -0.3 is 4.74 Å². The average molecular weight is 413 g/mol. The fourth-order valence-electron chi connectivity index (χ4n) is 4.93. The molecule has 2 rings (SSSR count). The Morgan fingerprint density at radius 1 is 0.862 bits per heavy atom. The fraction of sp³-hybridized carbons (Fsp3) is 0.963. The Bertz CT molecular complexity index is 393. The summed E-state index contributed by atoms with van der Waals surface area (Å²) < 4.78 is 6.25. The van der Waals surface area contributed by atoms with Crippen LogP contribution in [0.3, 0.4) is 0 Å². The van der Waals surface area contributed by atoms with Gasteiger partial charge in [0.1, 0.15) is 5.60 Å². The minimum absolute atomic E-state index is 0.0239. The standard InChI is InChI=1S/C19H34O2.2C3H8.C2H6/c1-6-11-18(4,5)17(20)21-19(7-2,8-3)16-13-14-9-10-15(16)12-14;2*1-3-2;1-2/h14-16H,6-13H2,1-5H3;2*3H2,1-2H3;1-2H3. The van der Waals surface area contributed by atoms with Gasteiger partial charge in [0.25, 0.3) is 0 Å². The first-order chi connectivity index (χ1) is 13.7. The molecule has 3 unspecified atom stereocenters. The first-order valence-corrected chi connectivity index (χ1v) is 12.9. The van der Waals surface area contributed by atoms with E-state index in [2.05, 4.69) is 48.5 Å². The molecule has 0 aromatic carbocycles. The van der Waals surface area contributed by atoms with Crippen LogP contribution in [0.1, 0.15) is 140 Å². The third kappa shape index (κ3) is 9.43. The molecule has 2 fully saturated rings. The van der Waals surface area contributed by atoms with Crippen molar-refractivity contribution < 1.29 is 9.53 Å². The van der Waals surface area contributed by atoms with E-state index in [4.69, 9.17) is 4.74 Å². The molecule has 0 aromatic rings. The highest BCUT2D eigenvalue weighted by Crippen LogP contribution is 2.55. The largest absolute Gasteiger partial charge is 0.458 e. The van der Waals surface area contributed by atoms with Gasteiger partial charge in [-0.05, 0) is 64.2 Å². The summed E-state index contributed by atoms with van der Waals surface area (Å²) in [6.07, 6.45) is 11.8. The van der Waals surface area contributed by atoms with Gasteiger partial charge in [-0.3, -0.25) is 4.79 Å². The monoisotopic (exact) mass is 412 g/mol. The van der Waals surface area contributed by atoms with E-state index in [1.165, 1.54) is 38.5 Å². The van der Waals surface area contributed by atoms with Gasteiger partial charge in [-0.2, -0.15) is 0 Å². The third-order valence-electron chi connectivity index (χ3n) is 6.33. The molecule has 176 valence electrons. The SMILES string of the molecule is CC.CCC.CCC.CCCC(C)(C)C(=O)OC(CC)(CC)C1CC2CCC1C2. The van der Waals surface area contributed by atoms with Crippen molar-refractivity contribution in [2.75, 3.05) is 0 Å². The van der Waals surface area contributed by atoms with Crippen LogP contribution in [0.2, 0.25) is 0 Å². The van der Waals surface area contributed by atoms with Gasteiger partial charge in [-0.15, -0.1) is 0 Å². The zero-order chi connectivity index (χ0) is 23.1. The van der Waals surface area contributed by atoms with E-state index in [9.17, 15) is 4.79 Å². The van der Waals surface area contributed by atoms with E-state index in [0.29, 0.717) is 5.92 Å². The van der Waals surface area contributed by atoms with Crippen LogP contribution in [0, 0.1) is 23.2 Å². The fourth-order valence-corrected chi connectivity index (χ4v) is 4.93. The summed E-state index contributed by atoms with van der Waals surface area (Å²) in [5, 5.41) is 0. The minimum atomic E-state index is -0.345. The molecule has 0 amide bonds. The van der Waals surface area contributed by atoms with Crippen molar-refractivity contribution in [2.24, 2.45) is 23.2 Å². The van der Waals surface area contributed by atoms with Crippen LogP contribution in [-0.4, -0.2) is 11.6 Å². The van der Waals surface area contributed by atoms with Crippen LogP contribution in [-0.2, 0) is 9.53 Å². The van der Waals surface area contributed by atoms with Crippen molar-refractivity contribution in [3.8, 4) is 0 Å². The molecule has 0 saturated heterocycles. The predicted octanol–water partition coefficient (Wildman–Crippen LogP) is 9.21. The molecule has 0 N–H and O–H groups in total. The van der Waals surface area contributed by atoms with Crippen molar-refractivity contribution in [1.29, 1.82) is 0 Å². The van der Waals surface area contributed by atoms with E-state index in [1.54, 1.807) is 0 Å². The molecule has 3 atom stereocenters. The zero-order valence-electron chi connectivity index (χ0n) is 22.1. The van der Waals surface area contributed by atoms with E-state index >= 15 is 0 Å². The Morgan fingerprint density at radius 2 is 1.34 bits per heavy atom. The van der Waals surface area contributed by atoms with Crippen molar-refractivity contribution in [3.63, 3.8) is 0 Å². The Kier molecular flexibility index (Phi) is 17.1. The maximum atomic E-state index is 12.7. The first kappa shape index (κ1) is 30.7. The molecule has 2 saturated carbocycles. The molecule has 0 heterocycles. The predicted molar refractivity (Wildman–Crippen MR) is 130 cm³/mol. The topological polar surface area (TPSA) is 26.3 Å². The first-order valence-electron chi connectivity index (χ1n) is 12.9. The van der Waals surface area contributed by atoms with Gasteiger partial charge in [0.2, 0.25) is 0 Å². The highest BCUT2D eigenvalue weighted by atomic mass is 16.6. The number of fused-ring (bicyclic) bond motifs is 2.